The fraction of sp³-hybridized carbons (Fsp3) is 0.900. The van der Waals surface area contributed by atoms with Gasteiger partial charge in [0.15, 0.2) is 0 Å². The third-order valence-corrected chi connectivity index (χ3v) is 5.06. The van der Waals surface area contributed by atoms with E-state index >= 15 is 0 Å². The first-order valence-corrected chi connectivity index (χ1v) is 9.25. The monoisotopic (exact) mass is 310 g/mol. The Kier molecular flexibility index (Phi) is 8.71. The van der Waals surface area contributed by atoms with E-state index in [1.807, 2.05) is 0 Å². The van der Waals surface area contributed by atoms with Crippen molar-refractivity contribution in [3.63, 3.8) is 0 Å². The van der Waals surface area contributed by atoms with Crippen molar-refractivity contribution >= 4 is 0 Å². The molecule has 0 aromatic carbocycles. The lowest BCUT2D eigenvalue weighted by Gasteiger charge is -2.36. The van der Waals surface area contributed by atoms with E-state index in [-0.39, 0.29) is 0 Å². The summed E-state index contributed by atoms with van der Waals surface area (Å²) < 4.78 is 12.3. The largest absolute Gasteiger partial charge is 0.377 e. The topological polar surface area (TPSA) is 18.5 Å². The van der Waals surface area contributed by atoms with Gasteiger partial charge in [-0.3, -0.25) is 0 Å². The highest BCUT2D eigenvalue weighted by atomic mass is 16.5. The Labute approximate surface area is 138 Å². The van der Waals surface area contributed by atoms with Crippen molar-refractivity contribution in [2.75, 3.05) is 6.61 Å². The number of ether oxygens (including phenoxy) is 2. The van der Waals surface area contributed by atoms with Crippen LogP contribution in [0, 0.1) is 17.8 Å². The van der Waals surface area contributed by atoms with Crippen molar-refractivity contribution < 1.29 is 9.47 Å². The van der Waals surface area contributed by atoms with Crippen LogP contribution in [0.3, 0.4) is 0 Å². The first-order chi connectivity index (χ1) is 10.3. The summed E-state index contributed by atoms with van der Waals surface area (Å²) in [6, 6.07) is 0. The van der Waals surface area contributed by atoms with Crippen LogP contribution in [0.2, 0.25) is 0 Å². The highest BCUT2D eigenvalue weighted by Crippen LogP contribution is 2.35. The first kappa shape index (κ1) is 19.7. The summed E-state index contributed by atoms with van der Waals surface area (Å²) in [7, 11) is 0. The third-order valence-electron chi connectivity index (χ3n) is 5.06. The molecular weight excluding hydrogens is 272 g/mol. The van der Waals surface area contributed by atoms with Gasteiger partial charge in [0.1, 0.15) is 0 Å². The van der Waals surface area contributed by atoms with Gasteiger partial charge in [-0.05, 0) is 64.7 Å². The molecule has 0 aromatic rings. The summed E-state index contributed by atoms with van der Waals surface area (Å²) >= 11 is 0. The van der Waals surface area contributed by atoms with Crippen LogP contribution < -0.4 is 0 Å². The summed E-state index contributed by atoms with van der Waals surface area (Å²) in [5.74, 6) is 1.88. The van der Waals surface area contributed by atoms with Crippen molar-refractivity contribution in [2.24, 2.45) is 17.8 Å². The molecule has 1 aliphatic rings. The highest BCUT2D eigenvalue weighted by molar-refractivity contribution is 5.02. The fourth-order valence-corrected chi connectivity index (χ4v) is 3.55. The zero-order chi connectivity index (χ0) is 16.7. The van der Waals surface area contributed by atoms with Gasteiger partial charge < -0.3 is 9.47 Å². The van der Waals surface area contributed by atoms with Crippen LogP contribution in [0.15, 0.2) is 12.2 Å². The third kappa shape index (κ3) is 6.83. The fourth-order valence-electron chi connectivity index (χ4n) is 3.55. The highest BCUT2D eigenvalue weighted by Gasteiger charge is 2.30. The summed E-state index contributed by atoms with van der Waals surface area (Å²) in [5.41, 5.74) is 1.29. The van der Waals surface area contributed by atoms with Crippen molar-refractivity contribution in [3.8, 4) is 0 Å². The zero-order valence-electron chi connectivity index (χ0n) is 15.7. The molecule has 1 saturated carbocycles. The van der Waals surface area contributed by atoms with E-state index in [4.69, 9.17) is 9.47 Å². The lowest BCUT2D eigenvalue weighted by atomic mass is 9.77. The van der Waals surface area contributed by atoms with Crippen LogP contribution in [0.5, 0.6) is 0 Å². The minimum absolute atomic E-state index is 0.316. The average Bonchev–Trinajstić information content (AvgIpc) is 2.44. The molecule has 2 nitrogen and oxygen atoms in total. The van der Waals surface area contributed by atoms with Gasteiger partial charge in [-0.15, -0.1) is 0 Å². The minimum Gasteiger partial charge on any atom is -0.377 e. The molecule has 0 spiro atoms. The van der Waals surface area contributed by atoms with Crippen LogP contribution in [0.4, 0.5) is 0 Å². The van der Waals surface area contributed by atoms with Gasteiger partial charge in [0.2, 0.25) is 0 Å². The van der Waals surface area contributed by atoms with Gasteiger partial charge in [-0.1, -0.05) is 32.9 Å². The van der Waals surface area contributed by atoms with Crippen LogP contribution in [-0.2, 0) is 9.47 Å². The normalized spacial score (nSPS) is 29.8. The Morgan fingerprint density at radius 3 is 2.45 bits per heavy atom. The van der Waals surface area contributed by atoms with E-state index in [0.29, 0.717) is 30.1 Å². The summed E-state index contributed by atoms with van der Waals surface area (Å²) in [5, 5.41) is 0. The molecule has 22 heavy (non-hydrogen) atoms. The minimum atomic E-state index is 0.316. The van der Waals surface area contributed by atoms with E-state index in [9.17, 15) is 0 Å². The van der Waals surface area contributed by atoms with Crippen LogP contribution in [-0.4, -0.2) is 24.9 Å². The molecule has 0 heterocycles. The first-order valence-electron chi connectivity index (χ1n) is 9.25. The molecule has 6 unspecified atom stereocenters. The molecule has 0 aromatic heterocycles. The lowest BCUT2D eigenvalue weighted by molar-refractivity contribution is -0.0447. The van der Waals surface area contributed by atoms with Crippen molar-refractivity contribution in [1.82, 2.24) is 0 Å². The molecule has 0 saturated heterocycles. The molecule has 0 aliphatic heterocycles. The second-order valence-corrected chi connectivity index (χ2v) is 7.75. The molecule has 2 heteroatoms. The molecular formula is C20H38O2. The second kappa shape index (κ2) is 9.72. The summed E-state index contributed by atoms with van der Waals surface area (Å²) in [6.07, 6.45) is 6.93. The molecule has 1 aliphatic carbocycles. The average molecular weight is 311 g/mol. The van der Waals surface area contributed by atoms with Crippen molar-refractivity contribution in [2.45, 2.75) is 92.0 Å². The van der Waals surface area contributed by atoms with Crippen LogP contribution >= 0.6 is 0 Å². The maximum atomic E-state index is 6.30. The lowest BCUT2D eigenvalue weighted by Crippen LogP contribution is -2.33. The summed E-state index contributed by atoms with van der Waals surface area (Å²) in [4.78, 5) is 0. The molecule has 1 rings (SSSR count). The standard InChI is InChI=1S/C20H38O2/c1-8-17(6)22-18(7)11-16(5)13-21-20-12-15(4)9-10-19(20)14(2)3/h15-20H,2,8-13H2,1,3-7H3. The SMILES string of the molecule is C=C(C)C1CCC(C)CC1OCC(C)CC(C)OC(C)CC. The second-order valence-electron chi connectivity index (χ2n) is 7.75. The zero-order valence-corrected chi connectivity index (χ0v) is 15.7. The van der Waals surface area contributed by atoms with Gasteiger partial charge in [0.25, 0.3) is 0 Å². The molecule has 130 valence electrons. The number of hydrogen-bond donors (Lipinski definition) is 0. The molecule has 0 bridgehead atoms. The van der Waals surface area contributed by atoms with Gasteiger partial charge in [0, 0.05) is 12.5 Å². The Bertz CT molecular complexity index is 326. The summed E-state index contributed by atoms with van der Waals surface area (Å²) in [6.45, 7) is 18.3. The molecule has 0 amide bonds. The van der Waals surface area contributed by atoms with Gasteiger partial charge in [0.05, 0.1) is 18.3 Å². The maximum Gasteiger partial charge on any atom is 0.0642 e. The predicted octanol–water partition coefficient (Wildman–Crippen LogP) is 5.61. The number of rotatable bonds is 9. The van der Waals surface area contributed by atoms with E-state index in [1.54, 1.807) is 0 Å². The smallest absolute Gasteiger partial charge is 0.0642 e. The van der Waals surface area contributed by atoms with Crippen molar-refractivity contribution in [3.05, 3.63) is 12.2 Å². The van der Waals surface area contributed by atoms with Gasteiger partial charge in [-0.25, -0.2) is 0 Å². The maximum absolute atomic E-state index is 6.30. The number of hydrogen-bond acceptors (Lipinski definition) is 2. The Balaban J connectivity index is 2.37. The molecule has 6 atom stereocenters. The van der Waals surface area contributed by atoms with Crippen LogP contribution in [0.25, 0.3) is 0 Å². The van der Waals surface area contributed by atoms with E-state index in [1.165, 1.54) is 24.8 Å². The van der Waals surface area contributed by atoms with E-state index in [2.05, 4.69) is 48.1 Å². The molecule has 1 fully saturated rings. The Morgan fingerprint density at radius 2 is 1.86 bits per heavy atom. The van der Waals surface area contributed by atoms with Gasteiger partial charge >= 0.3 is 0 Å². The quantitative estimate of drug-likeness (QED) is 0.515. The van der Waals surface area contributed by atoms with Crippen molar-refractivity contribution in [1.29, 1.82) is 0 Å². The predicted molar refractivity (Wildman–Crippen MR) is 95.1 cm³/mol. The van der Waals surface area contributed by atoms with Gasteiger partial charge in [-0.2, -0.15) is 0 Å². The van der Waals surface area contributed by atoms with E-state index in [0.717, 1.165) is 25.4 Å². The Morgan fingerprint density at radius 1 is 1.18 bits per heavy atom. The van der Waals surface area contributed by atoms with Crippen LogP contribution in [0.1, 0.15) is 73.6 Å². The molecule has 0 N–H and O–H groups in total. The Hall–Kier alpha value is -0.340. The molecule has 0 radical (unpaired) electrons. The van der Waals surface area contributed by atoms with E-state index < -0.39 is 0 Å².